The fourth-order valence-electron chi connectivity index (χ4n) is 1.93. The van der Waals surface area contributed by atoms with Gasteiger partial charge in [-0.25, -0.2) is 4.98 Å². The van der Waals surface area contributed by atoms with Crippen LogP contribution >= 0.6 is 11.3 Å². The summed E-state index contributed by atoms with van der Waals surface area (Å²) in [6, 6.07) is 5.46. The smallest absolute Gasteiger partial charge is 0.128 e. The maximum absolute atomic E-state index is 9.77. The second-order valence-electron chi connectivity index (χ2n) is 4.54. The third-order valence-corrected chi connectivity index (χ3v) is 4.10. The zero-order valence-electron chi connectivity index (χ0n) is 11.9. The number of methoxy groups -OCH3 is 1. The minimum atomic E-state index is -0.568. The zero-order valence-corrected chi connectivity index (χ0v) is 12.7. The molecular formula is C15H19NO3S. The summed E-state index contributed by atoms with van der Waals surface area (Å²) in [6.45, 7) is 4.27. The monoisotopic (exact) mass is 293 g/mol. The molecule has 0 amide bonds. The van der Waals surface area contributed by atoms with E-state index >= 15 is 0 Å². The van der Waals surface area contributed by atoms with Crippen LogP contribution in [0.25, 0.3) is 0 Å². The SMILES string of the molecule is COc1ccc([C@H](C)O)c(OCCc2scnc2C)c1. The van der Waals surface area contributed by atoms with Crippen LogP contribution in [0.4, 0.5) is 0 Å². The number of ether oxygens (including phenoxy) is 2. The lowest BCUT2D eigenvalue weighted by Gasteiger charge is -2.14. The lowest BCUT2D eigenvalue weighted by atomic mass is 10.1. The molecule has 0 aliphatic heterocycles. The number of hydrogen-bond acceptors (Lipinski definition) is 5. The third kappa shape index (κ3) is 3.49. The molecule has 1 atom stereocenters. The molecule has 108 valence electrons. The number of aromatic nitrogens is 1. The first-order chi connectivity index (χ1) is 9.61. The Morgan fingerprint density at radius 1 is 1.40 bits per heavy atom. The number of aliphatic hydroxyl groups is 1. The zero-order chi connectivity index (χ0) is 14.5. The fourth-order valence-corrected chi connectivity index (χ4v) is 2.69. The molecule has 0 spiro atoms. The summed E-state index contributed by atoms with van der Waals surface area (Å²) in [5, 5.41) is 9.77. The molecule has 0 fully saturated rings. The summed E-state index contributed by atoms with van der Waals surface area (Å²) in [4.78, 5) is 5.45. The van der Waals surface area contributed by atoms with Gasteiger partial charge in [0.2, 0.25) is 0 Å². The van der Waals surface area contributed by atoms with Crippen LogP contribution < -0.4 is 9.47 Å². The topological polar surface area (TPSA) is 51.6 Å². The van der Waals surface area contributed by atoms with E-state index in [2.05, 4.69) is 4.98 Å². The van der Waals surface area contributed by atoms with Crippen molar-refractivity contribution in [3.8, 4) is 11.5 Å². The van der Waals surface area contributed by atoms with Crippen LogP contribution in [-0.4, -0.2) is 23.8 Å². The summed E-state index contributed by atoms with van der Waals surface area (Å²) in [7, 11) is 1.61. The van der Waals surface area contributed by atoms with Crippen LogP contribution in [0.15, 0.2) is 23.7 Å². The van der Waals surface area contributed by atoms with Crippen LogP contribution in [0.1, 0.15) is 29.2 Å². The van der Waals surface area contributed by atoms with Gasteiger partial charge in [-0.15, -0.1) is 11.3 Å². The van der Waals surface area contributed by atoms with Gasteiger partial charge >= 0.3 is 0 Å². The highest BCUT2D eigenvalue weighted by molar-refractivity contribution is 7.09. The molecule has 0 saturated carbocycles. The van der Waals surface area contributed by atoms with E-state index in [0.717, 1.165) is 23.4 Å². The van der Waals surface area contributed by atoms with E-state index < -0.39 is 6.10 Å². The van der Waals surface area contributed by atoms with Gasteiger partial charge < -0.3 is 14.6 Å². The summed E-state index contributed by atoms with van der Waals surface area (Å²) in [6.07, 6.45) is 0.244. The Morgan fingerprint density at radius 2 is 2.20 bits per heavy atom. The average molecular weight is 293 g/mol. The van der Waals surface area contributed by atoms with Crippen molar-refractivity contribution in [2.75, 3.05) is 13.7 Å². The molecule has 4 nitrogen and oxygen atoms in total. The second kappa shape index (κ2) is 6.72. The molecule has 2 aromatic rings. The Hall–Kier alpha value is -1.59. The van der Waals surface area contributed by atoms with Crippen LogP contribution in [-0.2, 0) is 6.42 Å². The number of rotatable bonds is 6. The molecule has 20 heavy (non-hydrogen) atoms. The first-order valence-electron chi connectivity index (χ1n) is 6.49. The molecule has 1 heterocycles. The van der Waals surface area contributed by atoms with Gasteiger partial charge in [0, 0.05) is 22.9 Å². The predicted molar refractivity (Wildman–Crippen MR) is 79.7 cm³/mol. The first kappa shape index (κ1) is 14.8. The Labute approximate surface area is 123 Å². The fraction of sp³-hybridized carbons (Fsp3) is 0.400. The van der Waals surface area contributed by atoms with Gasteiger partial charge in [0.25, 0.3) is 0 Å². The number of thiazole rings is 1. The van der Waals surface area contributed by atoms with E-state index in [1.54, 1.807) is 25.4 Å². The van der Waals surface area contributed by atoms with Gasteiger partial charge in [-0.05, 0) is 26.0 Å². The number of benzene rings is 1. The van der Waals surface area contributed by atoms with E-state index in [0.29, 0.717) is 12.4 Å². The Bertz CT molecular complexity index is 566. The highest BCUT2D eigenvalue weighted by Gasteiger charge is 2.11. The van der Waals surface area contributed by atoms with Gasteiger partial charge in [0.05, 0.1) is 31.0 Å². The molecule has 5 heteroatoms. The summed E-state index contributed by atoms with van der Waals surface area (Å²) >= 11 is 1.64. The predicted octanol–water partition coefficient (Wildman–Crippen LogP) is 3.13. The number of aliphatic hydroxyl groups excluding tert-OH is 1. The first-order valence-corrected chi connectivity index (χ1v) is 7.37. The molecule has 0 aliphatic rings. The van der Waals surface area contributed by atoms with Crippen LogP contribution in [0, 0.1) is 6.92 Å². The largest absolute Gasteiger partial charge is 0.497 e. The standard InChI is InChI=1S/C15H19NO3S/c1-10-15(20-9-16-10)6-7-19-14-8-12(18-3)4-5-13(14)11(2)17/h4-5,8-9,11,17H,6-7H2,1-3H3/t11-/m0/s1. The average Bonchev–Trinajstić information content (AvgIpc) is 2.84. The molecule has 0 unspecified atom stereocenters. The quantitative estimate of drug-likeness (QED) is 0.889. The molecule has 0 saturated heterocycles. The molecule has 2 rings (SSSR count). The highest BCUT2D eigenvalue weighted by atomic mass is 32.1. The van der Waals surface area contributed by atoms with Gasteiger partial charge in [0.15, 0.2) is 0 Å². The molecule has 1 aromatic heterocycles. The number of nitrogens with zero attached hydrogens (tertiary/aromatic N) is 1. The summed E-state index contributed by atoms with van der Waals surface area (Å²) < 4.78 is 11.0. The molecule has 0 bridgehead atoms. The molecular weight excluding hydrogens is 274 g/mol. The van der Waals surface area contributed by atoms with Crippen molar-refractivity contribution < 1.29 is 14.6 Å². The minimum absolute atomic E-state index is 0.552. The van der Waals surface area contributed by atoms with Gasteiger partial charge in [-0.1, -0.05) is 0 Å². The van der Waals surface area contributed by atoms with Crippen molar-refractivity contribution in [3.05, 3.63) is 39.8 Å². The lowest BCUT2D eigenvalue weighted by molar-refractivity contribution is 0.191. The van der Waals surface area contributed by atoms with Crippen molar-refractivity contribution in [1.29, 1.82) is 0 Å². The Balaban J connectivity index is 2.05. The maximum Gasteiger partial charge on any atom is 0.128 e. The van der Waals surface area contributed by atoms with Crippen molar-refractivity contribution in [2.24, 2.45) is 0 Å². The highest BCUT2D eigenvalue weighted by Crippen LogP contribution is 2.29. The normalized spacial score (nSPS) is 12.2. The molecule has 1 aromatic carbocycles. The van der Waals surface area contributed by atoms with Gasteiger partial charge in [0.1, 0.15) is 11.5 Å². The van der Waals surface area contributed by atoms with Crippen molar-refractivity contribution in [1.82, 2.24) is 4.98 Å². The summed E-state index contributed by atoms with van der Waals surface area (Å²) in [5.41, 5.74) is 3.67. The summed E-state index contributed by atoms with van der Waals surface area (Å²) in [5.74, 6) is 1.39. The van der Waals surface area contributed by atoms with Crippen LogP contribution in [0.3, 0.4) is 0 Å². The van der Waals surface area contributed by atoms with E-state index in [1.807, 2.05) is 30.6 Å². The van der Waals surface area contributed by atoms with E-state index in [4.69, 9.17) is 9.47 Å². The van der Waals surface area contributed by atoms with Crippen molar-refractivity contribution >= 4 is 11.3 Å². The second-order valence-corrected chi connectivity index (χ2v) is 5.48. The van der Waals surface area contributed by atoms with Crippen molar-refractivity contribution in [3.63, 3.8) is 0 Å². The molecule has 0 aliphatic carbocycles. The maximum atomic E-state index is 9.77. The van der Waals surface area contributed by atoms with Gasteiger partial charge in [-0.3, -0.25) is 0 Å². The van der Waals surface area contributed by atoms with Crippen LogP contribution in [0.5, 0.6) is 11.5 Å². The lowest BCUT2D eigenvalue weighted by Crippen LogP contribution is -2.05. The van der Waals surface area contributed by atoms with E-state index in [1.165, 1.54) is 4.88 Å². The minimum Gasteiger partial charge on any atom is -0.497 e. The van der Waals surface area contributed by atoms with Gasteiger partial charge in [-0.2, -0.15) is 0 Å². The van der Waals surface area contributed by atoms with E-state index in [-0.39, 0.29) is 0 Å². The molecule has 1 N–H and O–H groups in total. The van der Waals surface area contributed by atoms with E-state index in [9.17, 15) is 5.11 Å². The van der Waals surface area contributed by atoms with Crippen LogP contribution in [0.2, 0.25) is 0 Å². The Morgan fingerprint density at radius 3 is 2.80 bits per heavy atom. The number of aryl methyl sites for hydroxylation is 1. The Kier molecular flexibility index (Phi) is 4.98. The van der Waals surface area contributed by atoms with Crippen molar-refractivity contribution in [2.45, 2.75) is 26.4 Å². The third-order valence-electron chi connectivity index (χ3n) is 3.10. The molecule has 0 radical (unpaired) electrons. The number of hydrogen-bond donors (Lipinski definition) is 1.